The van der Waals surface area contributed by atoms with Gasteiger partial charge in [0.2, 0.25) is 0 Å². The van der Waals surface area contributed by atoms with Crippen LogP contribution >= 0.6 is 0 Å². The number of amides is 2. The van der Waals surface area contributed by atoms with Gasteiger partial charge in [-0.25, -0.2) is 4.98 Å². The molecule has 0 bridgehead atoms. The summed E-state index contributed by atoms with van der Waals surface area (Å²) in [6.45, 7) is 2.26. The molecule has 0 spiro atoms. The van der Waals surface area contributed by atoms with E-state index in [9.17, 15) is 9.59 Å². The van der Waals surface area contributed by atoms with Crippen LogP contribution in [0.1, 0.15) is 37.4 Å². The Morgan fingerprint density at radius 1 is 0.943 bits per heavy atom. The van der Waals surface area contributed by atoms with Gasteiger partial charge in [0, 0.05) is 54.5 Å². The van der Waals surface area contributed by atoms with Gasteiger partial charge >= 0.3 is 0 Å². The molecule has 7 heteroatoms. The average molecular weight is 466 g/mol. The van der Waals surface area contributed by atoms with E-state index in [0.717, 1.165) is 36.4 Å². The summed E-state index contributed by atoms with van der Waals surface area (Å²) < 4.78 is 1.85. The quantitative estimate of drug-likeness (QED) is 0.450. The van der Waals surface area contributed by atoms with Gasteiger partial charge in [-0.15, -0.1) is 0 Å². The summed E-state index contributed by atoms with van der Waals surface area (Å²) in [5.41, 5.74) is 6.21. The first kappa shape index (κ1) is 22.6. The van der Waals surface area contributed by atoms with Crippen LogP contribution in [0.4, 0.5) is 5.69 Å². The molecular formula is C28H27N5O2. The fraction of sp³-hybridized carbons (Fsp3) is 0.179. The van der Waals surface area contributed by atoms with Crippen LogP contribution in [0.15, 0.2) is 85.5 Å². The molecule has 0 saturated carbocycles. The molecule has 0 radical (unpaired) electrons. The lowest BCUT2D eigenvalue weighted by molar-refractivity contribution is 0.0950. The van der Waals surface area contributed by atoms with Crippen LogP contribution < -0.4 is 10.6 Å². The van der Waals surface area contributed by atoms with E-state index in [4.69, 9.17) is 0 Å². The monoisotopic (exact) mass is 465 g/mol. The zero-order valence-electron chi connectivity index (χ0n) is 19.6. The second kappa shape index (κ2) is 9.95. The van der Waals surface area contributed by atoms with E-state index < -0.39 is 0 Å². The number of carbonyl (C=O) groups excluding carboxylic acids is 2. The highest BCUT2D eigenvalue weighted by Crippen LogP contribution is 2.22. The number of benzene rings is 3. The average Bonchev–Trinajstić information content (AvgIpc) is 3.42. The second-order valence-electron chi connectivity index (χ2n) is 8.83. The summed E-state index contributed by atoms with van der Waals surface area (Å²) in [7, 11) is 2.11. The molecule has 5 rings (SSSR count). The van der Waals surface area contributed by atoms with Gasteiger partial charge in [0.1, 0.15) is 0 Å². The summed E-state index contributed by atoms with van der Waals surface area (Å²) in [4.78, 5) is 31.9. The standard InChI is InChI=1S/C28H27N5O2/c1-32-12-10-21-8-9-25(15-24(21)18-32)31-28(35)22-5-2-4-20(14-22)17-30-27(34)23-6-3-7-26(16-23)33-13-11-29-19-33/h2-9,11,13-16,19H,10,12,17-18H2,1H3,(H,30,34)(H,31,35). The van der Waals surface area contributed by atoms with Crippen molar-refractivity contribution in [1.29, 1.82) is 0 Å². The molecule has 0 atom stereocenters. The Bertz CT molecular complexity index is 1360. The highest BCUT2D eigenvalue weighted by molar-refractivity contribution is 6.04. The van der Waals surface area contributed by atoms with Crippen LogP contribution in [0.25, 0.3) is 5.69 Å². The number of imidazole rings is 1. The van der Waals surface area contributed by atoms with Gasteiger partial charge in [0.15, 0.2) is 0 Å². The molecule has 4 aromatic rings. The lowest BCUT2D eigenvalue weighted by Crippen LogP contribution is -2.26. The van der Waals surface area contributed by atoms with E-state index in [1.807, 2.05) is 53.2 Å². The number of carbonyl (C=O) groups is 2. The lowest BCUT2D eigenvalue weighted by atomic mass is 9.99. The molecule has 0 aliphatic carbocycles. The molecule has 1 aliphatic rings. The molecule has 2 amide bonds. The number of aromatic nitrogens is 2. The molecule has 3 aromatic carbocycles. The summed E-state index contributed by atoms with van der Waals surface area (Å²) >= 11 is 0. The van der Waals surface area contributed by atoms with Crippen LogP contribution in [0.2, 0.25) is 0 Å². The summed E-state index contributed by atoms with van der Waals surface area (Å²) in [6, 6.07) is 20.8. The van der Waals surface area contributed by atoms with E-state index in [1.165, 1.54) is 11.1 Å². The SMILES string of the molecule is CN1CCc2ccc(NC(=O)c3cccc(CNC(=O)c4cccc(-n5ccnc5)c4)c3)cc2C1. The molecule has 176 valence electrons. The Balaban J connectivity index is 1.22. The van der Waals surface area contributed by atoms with Gasteiger partial charge in [0.05, 0.1) is 6.33 Å². The van der Waals surface area contributed by atoms with Gasteiger partial charge in [-0.2, -0.15) is 0 Å². The number of nitrogens with one attached hydrogen (secondary N) is 2. The van der Waals surface area contributed by atoms with E-state index in [2.05, 4.69) is 39.7 Å². The van der Waals surface area contributed by atoms with Gasteiger partial charge in [0.25, 0.3) is 11.8 Å². The second-order valence-corrected chi connectivity index (χ2v) is 8.83. The topological polar surface area (TPSA) is 79.3 Å². The molecule has 2 N–H and O–H groups in total. The number of anilines is 1. The summed E-state index contributed by atoms with van der Waals surface area (Å²) in [6.07, 6.45) is 6.24. The van der Waals surface area contributed by atoms with Crippen molar-refractivity contribution in [3.05, 3.63) is 113 Å². The third kappa shape index (κ3) is 5.31. The summed E-state index contributed by atoms with van der Waals surface area (Å²) in [5, 5.41) is 5.95. The van der Waals surface area contributed by atoms with Crippen molar-refractivity contribution >= 4 is 17.5 Å². The van der Waals surface area contributed by atoms with Crippen LogP contribution in [0, 0.1) is 0 Å². The van der Waals surface area contributed by atoms with Crippen molar-refractivity contribution in [2.24, 2.45) is 0 Å². The number of hydrogen-bond acceptors (Lipinski definition) is 4. The first-order valence-corrected chi connectivity index (χ1v) is 11.6. The van der Waals surface area contributed by atoms with Crippen LogP contribution in [-0.4, -0.2) is 39.9 Å². The van der Waals surface area contributed by atoms with Crippen LogP contribution in [-0.2, 0) is 19.5 Å². The fourth-order valence-electron chi connectivity index (χ4n) is 4.31. The Morgan fingerprint density at radius 2 is 1.77 bits per heavy atom. The number of likely N-dealkylation sites (N-methyl/N-ethyl adjacent to an activating group) is 1. The number of rotatable bonds is 6. The first-order chi connectivity index (χ1) is 17.0. The predicted molar refractivity (Wildman–Crippen MR) is 136 cm³/mol. The maximum absolute atomic E-state index is 12.9. The Labute approximate surface area is 204 Å². The number of hydrogen-bond donors (Lipinski definition) is 2. The number of fused-ring (bicyclic) bond motifs is 1. The molecule has 0 saturated heterocycles. The fourth-order valence-corrected chi connectivity index (χ4v) is 4.31. The molecule has 35 heavy (non-hydrogen) atoms. The van der Waals surface area contributed by atoms with E-state index in [-0.39, 0.29) is 11.8 Å². The third-order valence-corrected chi connectivity index (χ3v) is 6.22. The smallest absolute Gasteiger partial charge is 0.255 e. The Kier molecular flexibility index (Phi) is 6.41. The van der Waals surface area contributed by atoms with Crippen molar-refractivity contribution in [3.8, 4) is 5.69 Å². The van der Waals surface area contributed by atoms with Gasteiger partial charge in [-0.3, -0.25) is 9.59 Å². The van der Waals surface area contributed by atoms with Crippen molar-refractivity contribution in [3.63, 3.8) is 0 Å². The highest BCUT2D eigenvalue weighted by atomic mass is 16.2. The molecular weight excluding hydrogens is 438 g/mol. The minimum atomic E-state index is -0.180. The van der Waals surface area contributed by atoms with Gasteiger partial charge < -0.3 is 20.1 Å². The number of nitrogens with zero attached hydrogens (tertiary/aromatic N) is 3. The molecule has 2 heterocycles. The Hall–Kier alpha value is -4.23. The largest absolute Gasteiger partial charge is 0.348 e. The molecule has 0 fully saturated rings. The normalized spacial score (nSPS) is 13.2. The van der Waals surface area contributed by atoms with Crippen LogP contribution in [0.5, 0.6) is 0 Å². The minimum absolute atomic E-state index is 0.171. The molecule has 7 nitrogen and oxygen atoms in total. The van der Waals surface area contributed by atoms with Crippen molar-refractivity contribution in [2.45, 2.75) is 19.5 Å². The first-order valence-electron chi connectivity index (χ1n) is 11.6. The minimum Gasteiger partial charge on any atom is -0.348 e. The molecule has 1 aromatic heterocycles. The highest BCUT2D eigenvalue weighted by Gasteiger charge is 2.15. The lowest BCUT2D eigenvalue weighted by Gasteiger charge is -2.25. The van der Waals surface area contributed by atoms with Gasteiger partial charge in [-0.05, 0) is 72.6 Å². The van der Waals surface area contributed by atoms with Crippen molar-refractivity contribution < 1.29 is 9.59 Å². The predicted octanol–water partition coefficient (Wildman–Crippen LogP) is 4.04. The maximum Gasteiger partial charge on any atom is 0.255 e. The van der Waals surface area contributed by atoms with Crippen LogP contribution in [0.3, 0.4) is 0 Å². The third-order valence-electron chi connectivity index (χ3n) is 6.22. The Morgan fingerprint density at radius 3 is 2.60 bits per heavy atom. The molecule has 1 aliphatic heterocycles. The summed E-state index contributed by atoms with van der Waals surface area (Å²) in [5.74, 6) is -0.351. The zero-order valence-corrected chi connectivity index (χ0v) is 19.6. The van der Waals surface area contributed by atoms with E-state index >= 15 is 0 Å². The van der Waals surface area contributed by atoms with E-state index in [0.29, 0.717) is 17.7 Å². The van der Waals surface area contributed by atoms with Crippen molar-refractivity contribution in [2.75, 3.05) is 18.9 Å². The van der Waals surface area contributed by atoms with Crippen molar-refractivity contribution in [1.82, 2.24) is 19.8 Å². The van der Waals surface area contributed by atoms with Gasteiger partial charge in [-0.1, -0.05) is 24.3 Å². The molecule has 0 unspecified atom stereocenters. The zero-order chi connectivity index (χ0) is 24.2. The maximum atomic E-state index is 12.9. The van der Waals surface area contributed by atoms with E-state index in [1.54, 1.807) is 24.7 Å².